The fourth-order valence-corrected chi connectivity index (χ4v) is 3.85. The Hall–Kier alpha value is -1.16. The summed E-state index contributed by atoms with van der Waals surface area (Å²) in [4.78, 5) is 4.89. The van der Waals surface area contributed by atoms with E-state index in [-0.39, 0.29) is 18.2 Å². The van der Waals surface area contributed by atoms with Gasteiger partial charge in [0.2, 0.25) is 0 Å². The summed E-state index contributed by atoms with van der Waals surface area (Å²) in [7, 11) is -2.25. The Morgan fingerprint density at radius 3 is 2.95 bits per heavy atom. The molecule has 0 atom stereocenters. The van der Waals surface area contributed by atoms with Crippen LogP contribution in [0.15, 0.2) is 16.6 Å². The fourth-order valence-electron chi connectivity index (χ4n) is 1.70. The molecule has 0 amide bonds. The van der Waals surface area contributed by atoms with Crippen LogP contribution >= 0.6 is 11.3 Å². The number of nitrogens with one attached hydrogen (secondary N) is 1. The van der Waals surface area contributed by atoms with Crippen LogP contribution in [0.3, 0.4) is 0 Å². The average Bonchev–Trinajstić information content (AvgIpc) is 2.89. The minimum absolute atomic E-state index is 0.0469. The quantitative estimate of drug-likeness (QED) is 0.808. The second-order valence-electron chi connectivity index (χ2n) is 3.90. The van der Waals surface area contributed by atoms with E-state index in [9.17, 15) is 8.42 Å². The van der Waals surface area contributed by atoms with Gasteiger partial charge in [0.1, 0.15) is 0 Å². The Bertz CT molecular complexity index is 661. The maximum Gasteiger partial charge on any atom is 0.262 e. The number of anilines is 1. The summed E-state index contributed by atoms with van der Waals surface area (Å²) in [5.41, 5.74) is 0. The van der Waals surface area contributed by atoms with E-state index in [1.54, 1.807) is 16.0 Å². The molecular formula is C10H16N4O3S2. The summed E-state index contributed by atoms with van der Waals surface area (Å²) in [6.07, 6.45) is 1.67. The first-order chi connectivity index (χ1) is 9.02. The van der Waals surface area contributed by atoms with Crippen LogP contribution in [0, 0.1) is 0 Å². The first-order valence-electron chi connectivity index (χ1n) is 5.79. The summed E-state index contributed by atoms with van der Waals surface area (Å²) < 4.78 is 27.7. The number of nitrogens with zero attached hydrogens (tertiary/aromatic N) is 3. The molecule has 2 aromatic heterocycles. The summed E-state index contributed by atoms with van der Waals surface area (Å²) in [6, 6.07) is 0. The minimum atomic E-state index is -3.69. The van der Waals surface area contributed by atoms with E-state index >= 15 is 0 Å². The zero-order valence-electron chi connectivity index (χ0n) is 10.7. The van der Waals surface area contributed by atoms with Crippen molar-refractivity contribution >= 4 is 32.1 Å². The molecule has 2 heterocycles. The van der Waals surface area contributed by atoms with Crippen LogP contribution in [0.1, 0.15) is 6.92 Å². The number of thiazole rings is 1. The smallest absolute Gasteiger partial charge is 0.262 e. The number of hydrogen-bond acceptors (Lipinski definition) is 6. The molecule has 2 rings (SSSR count). The summed E-state index contributed by atoms with van der Waals surface area (Å²) in [5, 5.41) is 13.8. The second kappa shape index (κ2) is 5.45. The summed E-state index contributed by atoms with van der Waals surface area (Å²) >= 11 is 1.37. The highest BCUT2D eigenvalue weighted by molar-refractivity contribution is 7.89. The summed E-state index contributed by atoms with van der Waals surface area (Å²) in [5.74, 6) is 0.346. The van der Waals surface area contributed by atoms with Gasteiger partial charge in [-0.15, -0.1) is 11.3 Å². The zero-order chi connectivity index (χ0) is 14.0. The van der Waals surface area contributed by atoms with Gasteiger partial charge in [-0.05, 0) is 6.92 Å². The molecule has 2 N–H and O–H groups in total. The first-order valence-corrected chi connectivity index (χ1v) is 8.11. The van der Waals surface area contributed by atoms with Gasteiger partial charge in [-0.3, -0.25) is 4.40 Å². The van der Waals surface area contributed by atoms with Crippen molar-refractivity contribution in [3.63, 3.8) is 0 Å². The van der Waals surface area contributed by atoms with Gasteiger partial charge in [-0.25, -0.2) is 13.4 Å². The second-order valence-corrected chi connectivity index (χ2v) is 6.73. The van der Waals surface area contributed by atoms with Crippen LogP contribution in [-0.4, -0.2) is 54.0 Å². The lowest BCUT2D eigenvalue weighted by molar-refractivity contribution is 0.266. The van der Waals surface area contributed by atoms with Crippen LogP contribution in [-0.2, 0) is 10.0 Å². The molecule has 7 nitrogen and oxygen atoms in total. The van der Waals surface area contributed by atoms with Gasteiger partial charge >= 0.3 is 0 Å². The molecule has 0 saturated heterocycles. The third-order valence-corrected chi connectivity index (χ3v) is 5.27. The number of aliphatic hydroxyl groups is 1. The molecule has 106 valence electrons. The minimum Gasteiger partial charge on any atom is -0.395 e. The van der Waals surface area contributed by atoms with Crippen molar-refractivity contribution in [3.8, 4) is 0 Å². The van der Waals surface area contributed by atoms with Crippen molar-refractivity contribution in [2.75, 3.05) is 32.1 Å². The Morgan fingerprint density at radius 1 is 1.58 bits per heavy atom. The zero-order valence-corrected chi connectivity index (χ0v) is 12.3. The highest BCUT2D eigenvalue weighted by Gasteiger charge is 2.29. The number of likely N-dealkylation sites (N-methyl/N-ethyl adjacent to an activating group) is 1. The first kappa shape index (κ1) is 14.3. The molecule has 0 bridgehead atoms. The van der Waals surface area contributed by atoms with Crippen molar-refractivity contribution in [3.05, 3.63) is 11.6 Å². The molecule has 19 heavy (non-hydrogen) atoms. The van der Waals surface area contributed by atoms with Crippen molar-refractivity contribution in [1.82, 2.24) is 13.7 Å². The maximum atomic E-state index is 12.5. The number of sulfonamides is 1. The molecule has 0 aliphatic rings. The van der Waals surface area contributed by atoms with Gasteiger partial charge in [0.15, 0.2) is 15.8 Å². The number of aromatic nitrogens is 2. The predicted molar refractivity (Wildman–Crippen MR) is 74.1 cm³/mol. The van der Waals surface area contributed by atoms with Crippen LogP contribution < -0.4 is 5.32 Å². The van der Waals surface area contributed by atoms with Crippen LogP contribution in [0.25, 0.3) is 4.96 Å². The van der Waals surface area contributed by atoms with E-state index in [0.717, 1.165) is 4.31 Å². The van der Waals surface area contributed by atoms with Gasteiger partial charge in [0, 0.05) is 31.7 Å². The van der Waals surface area contributed by atoms with E-state index < -0.39 is 10.0 Å². The molecule has 0 radical (unpaired) electrons. The Balaban J connectivity index is 2.58. The monoisotopic (exact) mass is 304 g/mol. The Kier molecular flexibility index (Phi) is 4.09. The molecule has 0 spiro atoms. The molecule has 9 heteroatoms. The van der Waals surface area contributed by atoms with E-state index in [1.807, 2.05) is 6.92 Å². The predicted octanol–water partition coefficient (Wildman–Crippen LogP) is 0.440. The number of imidazole rings is 1. The third kappa shape index (κ3) is 2.46. The van der Waals surface area contributed by atoms with Crippen molar-refractivity contribution in [2.24, 2.45) is 0 Å². The van der Waals surface area contributed by atoms with Gasteiger partial charge in [0.25, 0.3) is 10.0 Å². The molecule has 0 aliphatic carbocycles. The van der Waals surface area contributed by atoms with Crippen molar-refractivity contribution in [1.29, 1.82) is 0 Å². The molecule has 0 fully saturated rings. The van der Waals surface area contributed by atoms with Crippen molar-refractivity contribution < 1.29 is 13.5 Å². The van der Waals surface area contributed by atoms with Gasteiger partial charge in [-0.1, -0.05) is 0 Å². The topological polar surface area (TPSA) is 86.9 Å². The number of hydrogen-bond donors (Lipinski definition) is 2. The van der Waals surface area contributed by atoms with E-state index in [1.165, 1.54) is 18.4 Å². The van der Waals surface area contributed by atoms with Crippen LogP contribution in [0.2, 0.25) is 0 Å². The third-order valence-electron chi connectivity index (χ3n) is 2.63. The highest BCUT2D eigenvalue weighted by Crippen LogP contribution is 2.27. The van der Waals surface area contributed by atoms with Gasteiger partial charge in [-0.2, -0.15) is 4.31 Å². The fraction of sp³-hybridized carbons (Fsp3) is 0.500. The van der Waals surface area contributed by atoms with E-state index in [2.05, 4.69) is 10.3 Å². The van der Waals surface area contributed by atoms with E-state index in [4.69, 9.17) is 5.11 Å². The molecule has 2 aromatic rings. The van der Waals surface area contributed by atoms with Crippen LogP contribution in [0.5, 0.6) is 0 Å². The normalized spacial score (nSPS) is 12.4. The van der Waals surface area contributed by atoms with Gasteiger partial charge < -0.3 is 10.4 Å². The number of fused-ring (bicyclic) bond motifs is 1. The van der Waals surface area contributed by atoms with Gasteiger partial charge in [0.05, 0.1) is 6.61 Å². The average molecular weight is 304 g/mol. The summed E-state index contributed by atoms with van der Waals surface area (Å²) in [6.45, 7) is 2.28. The lowest BCUT2D eigenvalue weighted by atomic mass is 10.6. The Labute approximate surface area is 115 Å². The Morgan fingerprint density at radius 2 is 2.32 bits per heavy atom. The lowest BCUT2D eigenvalue weighted by Crippen LogP contribution is -2.31. The number of rotatable bonds is 6. The number of aliphatic hydroxyl groups excluding tert-OH is 1. The van der Waals surface area contributed by atoms with E-state index in [0.29, 0.717) is 17.3 Å². The molecular weight excluding hydrogens is 288 g/mol. The SMILES string of the molecule is CCNc1nc2sccn2c1S(=O)(=O)N(C)CCO. The van der Waals surface area contributed by atoms with Crippen LogP contribution in [0.4, 0.5) is 5.82 Å². The standard InChI is InChI=1S/C10H16N4O3S2/c1-3-11-8-9(14-5-7-18-10(14)12-8)19(16,17)13(2)4-6-15/h5,7,11,15H,3-4,6H2,1-2H3. The molecule has 0 aromatic carbocycles. The lowest BCUT2D eigenvalue weighted by Gasteiger charge is -2.16. The molecule has 0 unspecified atom stereocenters. The maximum absolute atomic E-state index is 12.5. The van der Waals surface area contributed by atoms with Crippen molar-refractivity contribution in [2.45, 2.75) is 11.9 Å². The highest BCUT2D eigenvalue weighted by atomic mass is 32.2. The largest absolute Gasteiger partial charge is 0.395 e. The molecule has 0 aliphatic heterocycles. The molecule has 0 saturated carbocycles.